The zero-order valence-electron chi connectivity index (χ0n) is 14.0. The Bertz CT molecular complexity index is 725. The molecule has 3 rings (SSSR count). The standard InChI is InChI=1S/C18H21FN2O4/c1-24-18(23)17(22)12-5-7-21(8-6-12)11-16-20-10-15(25-16)13-3-2-4-14(19)9-13/h2-4,9-10,12,17,22H,5-8,11H2,1H3. The Hall–Kier alpha value is -2.25. The smallest absolute Gasteiger partial charge is 0.334 e. The summed E-state index contributed by atoms with van der Waals surface area (Å²) < 4.78 is 23.6. The Labute approximate surface area is 145 Å². The summed E-state index contributed by atoms with van der Waals surface area (Å²) in [5, 5.41) is 9.92. The molecule has 1 saturated heterocycles. The molecule has 6 nitrogen and oxygen atoms in total. The van der Waals surface area contributed by atoms with Crippen LogP contribution in [0.5, 0.6) is 0 Å². The SMILES string of the molecule is COC(=O)C(O)C1CCN(Cc2ncc(-c3cccc(F)c3)o2)CC1. The third-order valence-electron chi connectivity index (χ3n) is 4.54. The Morgan fingerprint density at radius 3 is 2.92 bits per heavy atom. The third kappa shape index (κ3) is 4.24. The maximum absolute atomic E-state index is 13.3. The molecule has 1 aromatic heterocycles. The van der Waals surface area contributed by atoms with E-state index < -0.39 is 12.1 Å². The van der Waals surface area contributed by atoms with Crippen LogP contribution in [-0.4, -0.2) is 47.3 Å². The van der Waals surface area contributed by atoms with Crippen molar-refractivity contribution in [2.24, 2.45) is 5.92 Å². The fourth-order valence-electron chi connectivity index (χ4n) is 3.09. The van der Waals surface area contributed by atoms with Crippen LogP contribution in [0.3, 0.4) is 0 Å². The van der Waals surface area contributed by atoms with Crippen LogP contribution in [0.25, 0.3) is 11.3 Å². The average Bonchev–Trinajstić information content (AvgIpc) is 3.09. The summed E-state index contributed by atoms with van der Waals surface area (Å²) in [6.45, 7) is 2.00. The van der Waals surface area contributed by atoms with Crippen LogP contribution in [0.2, 0.25) is 0 Å². The van der Waals surface area contributed by atoms with Crippen LogP contribution in [0, 0.1) is 11.7 Å². The largest absolute Gasteiger partial charge is 0.467 e. The van der Waals surface area contributed by atoms with Crippen LogP contribution < -0.4 is 0 Å². The van der Waals surface area contributed by atoms with Gasteiger partial charge in [-0.25, -0.2) is 14.2 Å². The molecule has 1 aliphatic rings. The summed E-state index contributed by atoms with van der Waals surface area (Å²) in [5.41, 5.74) is 0.652. The molecule has 0 saturated carbocycles. The third-order valence-corrected chi connectivity index (χ3v) is 4.54. The number of hydrogen-bond acceptors (Lipinski definition) is 6. The van der Waals surface area contributed by atoms with E-state index in [1.54, 1.807) is 18.3 Å². The van der Waals surface area contributed by atoms with Crippen molar-refractivity contribution in [1.29, 1.82) is 0 Å². The van der Waals surface area contributed by atoms with Gasteiger partial charge in [0.05, 0.1) is 19.9 Å². The van der Waals surface area contributed by atoms with Gasteiger partial charge in [-0.05, 0) is 44.0 Å². The van der Waals surface area contributed by atoms with E-state index >= 15 is 0 Å². The fourth-order valence-corrected chi connectivity index (χ4v) is 3.09. The summed E-state index contributed by atoms with van der Waals surface area (Å²) in [6, 6.07) is 6.19. The number of aliphatic hydroxyl groups is 1. The number of carbonyl (C=O) groups is 1. The molecule has 7 heteroatoms. The van der Waals surface area contributed by atoms with Gasteiger partial charge in [0.25, 0.3) is 0 Å². The minimum Gasteiger partial charge on any atom is -0.467 e. The van der Waals surface area contributed by atoms with Gasteiger partial charge in [-0.3, -0.25) is 4.90 Å². The van der Waals surface area contributed by atoms with Crippen molar-refractivity contribution in [2.45, 2.75) is 25.5 Å². The van der Waals surface area contributed by atoms with Crippen molar-refractivity contribution in [2.75, 3.05) is 20.2 Å². The molecule has 1 aliphatic heterocycles. The number of ether oxygens (including phenoxy) is 1. The lowest BCUT2D eigenvalue weighted by atomic mass is 9.91. The number of benzene rings is 1. The van der Waals surface area contributed by atoms with Gasteiger partial charge >= 0.3 is 5.97 Å². The maximum Gasteiger partial charge on any atom is 0.334 e. The number of oxazole rings is 1. The molecular formula is C18H21FN2O4. The van der Waals surface area contributed by atoms with E-state index in [1.165, 1.54) is 19.2 Å². The number of rotatable bonds is 5. The maximum atomic E-state index is 13.3. The van der Waals surface area contributed by atoms with Gasteiger partial charge in [0.15, 0.2) is 11.9 Å². The predicted molar refractivity (Wildman–Crippen MR) is 87.9 cm³/mol. The summed E-state index contributed by atoms with van der Waals surface area (Å²) in [4.78, 5) is 17.8. The fraction of sp³-hybridized carbons (Fsp3) is 0.444. The molecule has 134 valence electrons. The number of aliphatic hydroxyl groups excluding tert-OH is 1. The van der Waals surface area contributed by atoms with Gasteiger partial charge < -0.3 is 14.3 Å². The molecule has 2 heterocycles. The minimum atomic E-state index is -1.06. The van der Waals surface area contributed by atoms with Crippen LogP contribution in [0.4, 0.5) is 4.39 Å². The molecule has 0 bridgehead atoms. The molecule has 25 heavy (non-hydrogen) atoms. The van der Waals surface area contributed by atoms with Crippen molar-refractivity contribution in [3.8, 4) is 11.3 Å². The van der Waals surface area contributed by atoms with E-state index in [1.807, 2.05) is 0 Å². The Balaban J connectivity index is 1.55. The van der Waals surface area contributed by atoms with E-state index in [2.05, 4.69) is 14.6 Å². The molecule has 0 aliphatic carbocycles. The quantitative estimate of drug-likeness (QED) is 0.835. The second-order valence-electron chi connectivity index (χ2n) is 6.21. The van der Waals surface area contributed by atoms with Crippen molar-refractivity contribution in [1.82, 2.24) is 9.88 Å². The molecule has 1 aromatic carbocycles. The summed E-state index contributed by atoms with van der Waals surface area (Å²) in [5.74, 6) is 0.111. The predicted octanol–water partition coefficient (Wildman–Crippen LogP) is 2.23. The summed E-state index contributed by atoms with van der Waals surface area (Å²) in [7, 11) is 1.28. The lowest BCUT2D eigenvalue weighted by molar-refractivity contribution is -0.154. The van der Waals surface area contributed by atoms with Gasteiger partial charge in [0.2, 0.25) is 5.89 Å². The van der Waals surface area contributed by atoms with Crippen LogP contribution in [0.15, 0.2) is 34.9 Å². The topological polar surface area (TPSA) is 75.8 Å². The van der Waals surface area contributed by atoms with Crippen molar-refractivity contribution < 1.29 is 23.4 Å². The number of nitrogens with zero attached hydrogens (tertiary/aromatic N) is 2. The zero-order chi connectivity index (χ0) is 17.8. The van der Waals surface area contributed by atoms with Gasteiger partial charge in [-0.15, -0.1) is 0 Å². The van der Waals surface area contributed by atoms with Crippen LogP contribution in [0.1, 0.15) is 18.7 Å². The Morgan fingerprint density at radius 2 is 2.24 bits per heavy atom. The van der Waals surface area contributed by atoms with E-state index in [-0.39, 0.29) is 11.7 Å². The van der Waals surface area contributed by atoms with Gasteiger partial charge in [-0.1, -0.05) is 12.1 Å². The highest BCUT2D eigenvalue weighted by atomic mass is 19.1. The number of hydrogen-bond donors (Lipinski definition) is 1. The number of halogens is 1. The normalized spacial score (nSPS) is 17.4. The first-order chi connectivity index (χ1) is 12.1. The highest BCUT2D eigenvalue weighted by Crippen LogP contribution is 2.25. The number of esters is 1. The highest BCUT2D eigenvalue weighted by Gasteiger charge is 2.30. The molecule has 1 atom stereocenters. The number of methoxy groups -OCH3 is 1. The molecule has 0 amide bonds. The van der Waals surface area contributed by atoms with Gasteiger partial charge in [0, 0.05) is 5.56 Å². The van der Waals surface area contributed by atoms with Crippen molar-refractivity contribution in [3.63, 3.8) is 0 Å². The Kier molecular flexibility index (Phi) is 5.45. The van der Waals surface area contributed by atoms with Crippen molar-refractivity contribution in [3.05, 3.63) is 42.2 Å². The first-order valence-corrected chi connectivity index (χ1v) is 8.25. The molecule has 0 spiro atoms. The number of aromatic nitrogens is 1. The van der Waals surface area contributed by atoms with E-state index in [4.69, 9.17) is 4.42 Å². The molecule has 1 unspecified atom stereocenters. The van der Waals surface area contributed by atoms with E-state index in [0.717, 1.165) is 13.1 Å². The molecule has 1 fully saturated rings. The summed E-state index contributed by atoms with van der Waals surface area (Å²) in [6.07, 6.45) is 1.94. The lowest BCUT2D eigenvalue weighted by Gasteiger charge is -2.32. The van der Waals surface area contributed by atoms with Gasteiger partial charge in [0.1, 0.15) is 5.82 Å². The first-order valence-electron chi connectivity index (χ1n) is 8.25. The van der Waals surface area contributed by atoms with Crippen LogP contribution in [-0.2, 0) is 16.1 Å². The van der Waals surface area contributed by atoms with E-state index in [9.17, 15) is 14.3 Å². The average molecular weight is 348 g/mol. The zero-order valence-corrected chi connectivity index (χ0v) is 14.0. The minimum absolute atomic E-state index is 0.0869. The monoisotopic (exact) mass is 348 g/mol. The van der Waals surface area contributed by atoms with Crippen molar-refractivity contribution >= 4 is 5.97 Å². The van der Waals surface area contributed by atoms with E-state index in [0.29, 0.717) is 36.6 Å². The second kappa shape index (κ2) is 7.76. The molecular weight excluding hydrogens is 327 g/mol. The number of carbonyl (C=O) groups excluding carboxylic acids is 1. The van der Waals surface area contributed by atoms with Crippen LogP contribution >= 0.6 is 0 Å². The number of likely N-dealkylation sites (tertiary alicyclic amines) is 1. The lowest BCUT2D eigenvalue weighted by Crippen LogP contribution is -2.40. The first kappa shape index (κ1) is 17.6. The molecule has 1 N–H and O–H groups in total. The second-order valence-corrected chi connectivity index (χ2v) is 6.21. The highest BCUT2D eigenvalue weighted by molar-refractivity contribution is 5.74. The summed E-state index contributed by atoms with van der Waals surface area (Å²) >= 11 is 0. The molecule has 0 radical (unpaired) electrons. The van der Waals surface area contributed by atoms with Gasteiger partial charge in [-0.2, -0.15) is 0 Å². The number of piperidine rings is 1. The molecule has 2 aromatic rings. The Morgan fingerprint density at radius 1 is 1.48 bits per heavy atom.